The summed E-state index contributed by atoms with van der Waals surface area (Å²) in [6.07, 6.45) is 1.81. The van der Waals surface area contributed by atoms with Crippen molar-refractivity contribution >= 4 is 0 Å². The molecule has 0 atom stereocenters. The smallest absolute Gasteiger partial charge is 0.0701 e. The molecule has 2 rings (SSSR count). The van der Waals surface area contributed by atoms with Crippen molar-refractivity contribution < 1.29 is 0 Å². The summed E-state index contributed by atoms with van der Waals surface area (Å²) in [6, 6.07) is 14.3. The van der Waals surface area contributed by atoms with Gasteiger partial charge in [-0.2, -0.15) is 0 Å². The van der Waals surface area contributed by atoms with Gasteiger partial charge in [-0.05, 0) is 19.1 Å². The second kappa shape index (κ2) is 5.97. The highest BCUT2D eigenvalue weighted by atomic mass is 14.7. The normalized spacial score (nSPS) is 9.00. The molecule has 0 aliphatic carbocycles. The van der Waals surface area contributed by atoms with Gasteiger partial charge in [0.1, 0.15) is 0 Å². The summed E-state index contributed by atoms with van der Waals surface area (Å²) in [7, 11) is 0. The fourth-order valence-corrected chi connectivity index (χ4v) is 1.26. The Balaban J connectivity index is 0.000000531. The summed E-state index contributed by atoms with van der Waals surface area (Å²) < 4.78 is 0. The minimum atomic E-state index is 1.03. The first-order chi connectivity index (χ1) is 7.36. The number of hydrogen-bond donors (Lipinski definition) is 0. The lowest BCUT2D eigenvalue weighted by Crippen LogP contribution is -1.81. The Hall–Kier alpha value is -1.63. The van der Waals surface area contributed by atoms with Gasteiger partial charge in [0, 0.05) is 11.8 Å². The van der Waals surface area contributed by atoms with E-state index in [4.69, 9.17) is 0 Å². The highest BCUT2D eigenvalue weighted by Crippen LogP contribution is 2.15. The number of rotatable bonds is 1. The van der Waals surface area contributed by atoms with Gasteiger partial charge in [-0.25, -0.2) is 0 Å². The van der Waals surface area contributed by atoms with Crippen molar-refractivity contribution in [2.45, 2.75) is 20.8 Å². The predicted molar refractivity (Wildman–Crippen MR) is 65.8 cm³/mol. The summed E-state index contributed by atoms with van der Waals surface area (Å²) in [4.78, 5) is 4.28. The second-order valence-corrected chi connectivity index (χ2v) is 3.08. The zero-order valence-corrected chi connectivity index (χ0v) is 9.57. The highest BCUT2D eigenvalue weighted by Gasteiger charge is 1.95. The van der Waals surface area contributed by atoms with E-state index in [1.165, 1.54) is 11.1 Å². The van der Waals surface area contributed by atoms with Crippen molar-refractivity contribution in [2.75, 3.05) is 0 Å². The van der Waals surface area contributed by atoms with Crippen molar-refractivity contribution in [1.82, 2.24) is 4.98 Å². The lowest BCUT2D eigenvalue weighted by molar-refractivity contribution is 1.32. The molecule has 0 radical (unpaired) electrons. The number of hydrogen-bond acceptors (Lipinski definition) is 1. The Kier molecular flexibility index (Phi) is 4.55. The van der Waals surface area contributed by atoms with Gasteiger partial charge in [0.05, 0.1) is 5.69 Å². The van der Waals surface area contributed by atoms with E-state index in [0.29, 0.717) is 0 Å². The molecule has 0 amide bonds. The molecule has 0 saturated carbocycles. The average molecular weight is 199 g/mol. The van der Waals surface area contributed by atoms with Gasteiger partial charge in [-0.3, -0.25) is 4.98 Å². The summed E-state index contributed by atoms with van der Waals surface area (Å²) in [5, 5.41) is 0. The number of benzene rings is 1. The predicted octanol–water partition coefficient (Wildman–Crippen LogP) is 4.08. The van der Waals surface area contributed by atoms with Crippen molar-refractivity contribution in [1.29, 1.82) is 0 Å². The van der Waals surface area contributed by atoms with Gasteiger partial charge in [0.2, 0.25) is 0 Å². The Morgan fingerprint density at radius 1 is 0.867 bits per heavy atom. The van der Waals surface area contributed by atoms with Crippen molar-refractivity contribution in [2.24, 2.45) is 0 Å². The zero-order valence-electron chi connectivity index (χ0n) is 9.57. The Morgan fingerprint density at radius 3 is 2.07 bits per heavy atom. The first-order valence-electron chi connectivity index (χ1n) is 5.34. The third-order valence-electron chi connectivity index (χ3n) is 2.01. The molecule has 1 aromatic heterocycles. The standard InChI is InChI=1S/C12H11N.C2H6/c1-10-5-7-11(8-6-10)12-4-2-3-9-13-12;1-2/h2-9H,1H3;1-2H3. The maximum absolute atomic E-state index is 4.28. The van der Waals surface area contributed by atoms with Crippen molar-refractivity contribution in [3.8, 4) is 11.3 Å². The van der Waals surface area contributed by atoms with Crippen LogP contribution in [0.1, 0.15) is 19.4 Å². The summed E-state index contributed by atoms with van der Waals surface area (Å²) in [5.74, 6) is 0. The fraction of sp³-hybridized carbons (Fsp3) is 0.214. The Bertz CT molecular complexity index is 376. The average Bonchev–Trinajstić information content (AvgIpc) is 2.34. The van der Waals surface area contributed by atoms with Gasteiger partial charge >= 0.3 is 0 Å². The van der Waals surface area contributed by atoms with Crippen LogP contribution in [0.25, 0.3) is 11.3 Å². The Morgan fingerprint density at radius 2 is 1.53 bits per heavy atom. The molecule has 1 nitrogen and oxygen atoms in total. The third-order valence-corrected chi connectivity index (χ3v) is 2.01. The molecule has 0 saturated heterocycles. The molecular formula is C14H17N. The fourth-order valence-electron chi connectivity index (χ4n) is 1.26. The van der Waals surface area contributed by atoms with Crippen LogP contribution in [0, 0.1) is 6.92 Å². The van der Waals surface area contributed by atoms with Crippen LogP contribution in [0.5, 0.6) is 0 Å². The molecule has 0 aliphatic rings. The summed E-state index contributed by atoms with van der Waals surface area (Å²) >= 11 is 0. The second-order valence-electron chi connectivity index (χ2n) is 3.08. The van der Waals surface area contributed by atoms with Crippen LogP contribution in [0.4, 0.5) is 0 Å². The van der Waals surface area contributed by atoms with Crippen molar-refractivity contribution in [3.63, 3.8) is 0 Å². The molecule has 78 valence electrons. The molecule has 0 aliphatic heterocycles. The quantitative estimate of drug-likeness (QED) is 0.674. The number of aromatic nitrogens is 1. The molecule has 2 aromatic rings. The minimum Gasteiger partial charge on any atom is -0.256 e. The topological polar surface area (TPSA) is 12.9 Å². The van der Waals surface area contributed by atoms with Gasteiger partial charge in [0.15, 0.2) is 0 Å². The van der Waals surface area contributed by atoms with E-state index >= 15 is 0 Å². The van der Waals surface area contributed by atoms with Crippen LogP contribution in [-0.2, 0) is 0 Å². The highest BCUT2D eigenvalue weighted by molar-refractivity contribution is 5.58. The molecule has 0 N–H and O–H groups in total. The Labute approximate surface area is 91.8 Å². The maximum Gasteiger partial charge on any atom is 0.0701 e. The van der Waals surface area contributed by atoms with Crippen LogP contribution in [0.2, 0.25) is 0 Å². The van der Waals surface area contributed by atoms with E-state index in [0.717, 1.165) is 5.69 Å². The van der Waals surface area contributed by atoms with Crippen LogP contribution in [0.3, 0.4) is 0 Å². The van der Waals surface area contributed by atoms with E-state index in [-0.39, 0.29) is 0 Å². The molecule has 15 heavy (non-hydrogen) atoms. The number of aryl methyl sites for hydroxylation is 1. The van der Waals surface area contributed by atoms with Crippen LogP contribution in [0.15, 0.2) is 48.7 Å². The lowest BCUT2D eigenvalue weighted by atomic mass is 10.1. The molecule has 1 heterocycles. The van der Waals surface area contributed by atoms with Crippen LogP contribution in [-0.4, -0.2) is 4.98 Å². The molecule has 0 unspecified atom stereocenters. The molecule has 0 spiro atoms. The first kappa shape index (κ1) is 11.4. The molecule has 1 heteroatoms. The lowest BCUT2D eigenvalue weighted by Gasteiger charge is -1.99. The van der Waals surface area contributed by atoms with E-state index in [9.17, 15) is 0 Å². The van der Waals surface area contributed by atoms with Crippen LogP contribution < -0.4 is 0 Å². The SMILES string of the molecule is CC.Cc1ccc(-c2ccccn2)cc1. The maximum atomic E-state index is 4.28. The molecule has 1 aromatic carbocycles. The minimum absolute atomic E-state index is 1.03. The molecule has 0 bridgehead atoms. The monoisotopic (exact) mass is 199 g/mol. The summed E-state index contributed by atoms with van der Waals surface area (Å²) in [5.41, 5.74) is 3.48. The largest absolute Gasteiger partial charge is 0.256 e. The van der Waals surface area contributed by atoms with Gasteiger partial charge in [-0.1, -0.05) is 49.7 Å². The zero-order chi connectivity index (χ0) is 11.1. The van der Waals surface area contributed by atoms with Crippen molar-refractivity contribution in [3.05, 3.63) is 54.2 Å². The van der Waals surface area contributed by atoms with Gasteiger partial charge in [0.25, 0.3) is 0 Å². The third kappa shape index (κ3) is 3.21. The van der Waals surface area contributed by atoms with Gasteiger partial charge < -0.3 is 0 Å². The van der Waals surface area contributed by atoms with Crippen LogP contribution >= 0.6 is 0 Å². The van der Waals surface area contributed by atoms with E-state index in [1.807, 2.05) is 38.2 Å². The van der Waals surface area contributed by atoms with E-state index < -0.39 is 0 Å². The molecular weight excluding hydrogens is 182 g/mol. The van der Waals surface area contributed by atoms with E-state index in [2.05, 4.69) is 36.2 Å². The van der Waals surface area contributed by atoms with Gasteiger partial charge in [-0.15, -0.1) is 0 Å². The summed E-state index contributed by atoms with van der Waals surface area (Å²) in [6.45, 7) is 6.09. The first-order valence-corrected chi connectivity index (χ1v) is 5.34. The molecule has 0 fully saturated rings. The number of nitrogens with zero attached hydrogens (tertiary/aromatic N) is 1. The van der Waals surface area contributed by atoms with E-state index in [1.54, 1.807) is 0 Å². The number of pyridine rings is 1.